The summed E-state index contributed by atoms with van der Waals surface area (Å²) in [5, 5.41) is 6.56. The summed E-state index contributed by atoms with van der Waals surface area (Å²) in [4.78, 5) is 20.3. The highest BCUT2D eigenvalue weighted by atomic mass is 35.5. The van der Waals surface area contributed by atoms with Gasteiger partial charge in [-0.3, -0.25) is 9.78 Å². The summed E-state index contributed by atoms with van der Waals surface area (Å²) >= 11 is 8.77. The Balaban J connectivity index is 1.49. The standard InChI is InChI=1S/C17H13ClN4OS2/c18-14-5-3-13(4-6-14)15-10-24-17(21-15)25-11-16(23)22-20-9-12-2-1-7-19-8-12/h1-10H,11H2,(H,22,23)/b20-9+. The maximum atomic E-state index is 11.8. The van der Waals surface area contributed by atoms with Gasteiger partial charge in [0.05, 0.1) is 17.7 Å². The van der Waals surface area contributed by atoms with Crippen molar-refractivity contribution in [1.82, 2.24) is 15.4 Å². The monoisotopic (exact) mass is 388 g/mol. The number of rotatable bonds is 6. The second-order valence-corrected chi connectivity index (χ2v) is 7.39. The first-order chi connectivity index (χ1) is 12.2. The van der Waals surface area contributed by atoms with Crippen molar-refractivity contribution in [2.45, 2.75) is 4.34 Å². The normalized spacial score (nSPS) is 10.9. The van der Waals surface area contributed by atoms with Crippen LogP contribution in [0, 0.1) is 0 Å². The maximum absolute atomic E-state index is 11.8. The van der Waals surface area contributed by atoms with Gasteiger partial charge < -0.3 is 0 Å². The number of pyridine rings is 1. The minimum atomic E-state index is -0.187. The van der Waals surface area contributed by atoms with E-state index < -0.39 is 0 Å². The van der Waals surface area contributed by atoms with E-state index in [4.69, 9.17) is 11.6 Å². The molecule has 0 bridgehead atoms. The van der Waals surface area contributed by atoms with E-state index in [-0.39, 0.29) is 11.7 Å². The Bertz CT molecular complexity index is 866. The molecule has 0 aliphatic carbocycles. The van der Waals surface area contributed by atoms with Gasteiger partial charge in [-0.2, -0.15) is 5.10 Å². The number of amides is 1. The van der Waals surface area contributed by atoms with Gasteiger partial charge in [0.25, 0.3) is 5.91 Å². The number of hydrogen-bond acceptors (Lipinski definition) is 6. The highest BCUT2D eigenvalue weighted by Gasteiger charge is 2.07. The number of nitrogens with one attached hydrogen (secondary N) is 1. The van der Waals surface area contributed by atoms with Crippen molar-refractivity contribution < 1.29 is 4.79 Å². The summed E-state index contributed by atoms with van der Waals surface area (Å²) < 4.78 is 0.830. The highest BCUT2D eigenvalue weighted by molar-refractivity contribution is 8.01. The Morgan fingerprint density at radius 1 is 1.32 bits per heavy atom. The average molecular weight is 389 g/mol. The van der Waals surface area contributed by atoms with Gasteiger partial charge in [0, 0.05) is 33.9 Å². The predicted molar refractivity (Wildman–Crippen MR) is 103 cm³/mol. The van der Waals surface area contributed by atoms with Gasteiger partial charge in [0.2, 0.25) is 0 Å². The number of aromatic nitrogens is 2. The molecule has 2 aromatic heterocycles. The zero-order valence-electron chi connectivity index (χ0n) is 12.9. The molecule has 8 heteroatoms. The lowest BCUT2D eigenvalue weighted by molar-refractivity contribution is -0.118. The first kappa shape index (κ1) is 17.6. The molecule has 0 saturated carbocycles. The number of thioether (sulfide) groups is 1. The van der Waals surface area contributed by atoms with Crippen LogP contribution < -0.4 is 5.43 Å². The van der Waals surface area contributed by atoms with E-state index in [1.807, 2.05) is 35.7 Å². The number of benzene rings is 1. The van der Waals surface area contributed by atoms with Gasteiger partial charge in [-0.15, -0.1) is 11.3 Å². The molecule has 2 heterocycles. The third-order valence-electron chi connectivity index (χ3n) is 3.04. The molecule has 5 nitrogen and oxygen atoms in total. The summed E-state index contributed by atoms with van der Waals surface area (Å²) in [6.07, 6.45) is 4.90. The van der Waals surface area contributed by atoms with Crippen molar-refractivity contribution in [2.24, 2.45) is 5.10 Å². The quantitative estimate of drug-likeness (QED) is 0.392. The van der Waals surface area contributed by atoms with Gasteiger partial charge >= 0.3 is 0 Å². The first-order valence-electron chi connectivity index (χ1n) is 7.27. The third-order valence-corrected chi connectivity index (χ3v) is 5.31. The van der Waals surface area contributed by atoms with Crippen LogP contribution in [0.2, 0.25) is 5.02 Å². The largest absolute Gasteiger partial charge is 0.272 e. The fourth-order valence-electron chi connectivity index (χ4n) is 1.87. The number of carbonyl (C=O) groups is 1. The molecule has 3 rings (SSSR count). The van der Waals surface area contributed by atoms with Gasteiger partial charge in [-0.05, 0) is 18.2 Å². The Kier molecular flexibility index (Phi) is 6.16. The molecule has 126 valence electrons. The van der Waals surface area contributed by atoms with Crippen molar-refractivity contribution >= 4 is 46.8 Å². The van der Waals surface area contributed by atoms with E-state index in [1.165, 1.54) is 23.1 Å². The van der Waals surface area contributed by atoms with Crippen molar-refractivity contribution in [3.8, 4) is 11.3 Å². The number of carbonyl (C=O) groups excluding carboxylic acids is 1. The van der Waals surface area contributed by atoms with Gasteiger partial charge in [0.1, 0.15) is 0 Å². The summed E-state index contributed by atoms with van der Waals surface area (Å²) in [5.41, 5.74) is 5.18. The Morgan fingerprint density at radius 2 is 2.16 bits per heavy atom. The van der Waals surface area contributed by atoms with E-state index in [1.54, 1.807) is 24.7 Å². The number of hydrazone groups is 1. The molecule has 0 radical (unpaired) electrons. The second kappa shape index (κ2) is 8.75. The van der Waals surface area contributed by atoms with Crippen LogP contribution >= 0.6 is 34.7 Å². The molecule has 0 fully saturated rings. The summed E-state index contributed by atoms with van der Waals surface area (Å²) in [7, 11) is 0. The van der Waals surface area contributed by atoms with Crippen LogP contribution in [0.5, 0.6) is 0 Å². The Morgan fingerprint density at radius 3 is 2.92 bits per heavy atom. The summed E-state index contributed by atoms with van der Waals surface area (Å²) in [6.45, 7) is 0. The van der Waals surface area contributed by atoms with Gasteiger partial charge in [-0.1, -0.05) is 41.6 Å². The molecule has 0 aliphatic heterocycles. The molecule has 25 heavy (non-hydrogen) atoms. The van der Waals surface area contributed by atoms with Crippen molar-refractivity contribution in [3.63, 3.8) is 0 Å². The molecule has 0 saturated heterocycles. The lowest BCUT2D eigenvalue weighted by atomic mass is 10.2. The Labute approximate surface area is 158 Å². The SMILES string of the molecule is O=C(CSc1nc(-c2ccc(Cl)cc2)cs1)N/N=C/c1cccnc1. The molecule has 1 amide bonds. The zero-order valence-corrected chi connectivity index (χ0v) is 15.3. The van der Waals surface area contributed by atoms with Crippen LogP contribution in [0.1, 0.15) is 5.56 Å². The highest BCUT2D eigenvalue weighted by Crippen LogP contribution is 2.28. The zero-order chi connectivity index (χ0) is 17.5. The molecular formula is C17H13ClN4OS2. The minimum absolute atomic E-state index is 0.187. The summed E-state index contributed by atoms with van der Waals surface area (Å²) in [5.74, 6) is 0.0613. The topological polar surface area (TPSA) is 67.2 Å². The smallest absolute Gasteiger partial charge is 0.250 e. The molecule has 1 N–H and O–H groups in total. The molecular weight excluding hydrogens is 376 g/mol. The van der Waals surface area contributed by atoms with Crippen LogP contribution in [-0.4, -0.2) is 27.8 Å². The van der Waals surface area contributed by atoms with Crippen molar-refractivity contribution in [3.05, 3.63) is 64.8 Å². The number of halogens is 1. The molecule has 0 unspecified atom stereocenters. The van der Waals surface area contributed by atoms with E-state index in [0.29, 0.717) is 5.02 Å². The summed E-state index contributed by atoms with van der Waals surface area (Å²) in [6, 6.07) is 11.2. The van der Waals surface area contributed by atoms with Crippen molar-refractivity contribution in [2.75, 3.05) is 5.75 Å². The molecule has 1 aromatic carbocycles. The number of thiazole rings is 1. The Hall–Kier alpha value is -2.22. The van der Waals surface area contributed by atoms with E-state index >= 15 is 0 Å². The number of nitrogens with zero attached hydrogens (tertiary/aromatic N) is 3. The van der Waals surface area contributed by atoms with E-state index in [2.05, 4.69) is 20.5 Å². The predicted octanol–water partition coefficient (Wildman–Crippen LogP) is 4.10. The average Bonchev–Trinajstić information content (AvgIpc) is 3.10. The lowest BCUT2D eigenvalue weighted by Crippen LogP contribution is -2.19. The molecule has 0 atom stereocenters. The third kappa shape index (κ3) is 5.38. The van der Waals surface area contributed by atoms with Crippen molar-refractivity contribution in [1.29, 1.82) is 0 Å². The van der Waals surface area contributed by atoms with Gasteiger partial charge in [0.15, 0.2) is 4.34 Å². The van der Waals surface area contributed by atoms with Crippen LogP contribution in [0.15, 0.2) is 63.6 Å². The minimum Gasteiger partial charge on any atom is -0.272 e. The van der Waals surface area contributed by atoms with E-state index in [9.17, 15) is 4.79 Å². The fraction of sp³-hybridized carbons (Fsp3) is 0.0588. The van der Waals surface area contributed by atoms with Crippen LogP contribution in [-0.2, 0) is 4.79 Å². The molecule has 3 aromatic rings. The first-order valence-corrected chi connectivity index (χ1v) is 9.51. The maximum Gasteiger partial charge on any atom is 0.250 e. The molecule has 0 aliphatic rings. The van der Waals surface area contributed by atoms with Crippen LogP contribution in [0.4, 0.5) is 0 Å². The van der Waals surface area contributed by atoms with Crippen LogP contribution in [0.25, 0.3) is 11.3 Å². The second-order valence-electron chi connectivity index (χ2n) is 4.87. The van der Waals surface area contributed by atoms with Gasteiger partial charge in [-0.25, -0.2) is 10.4 Å². The fourth-order valence-corrected chi connectivity index (χ4v) is 3.62. The molecule has 0 spiro atoms. The van der Waals surface area contributed by atoms with Crippen LogP contribution in [0.3, 0.4) is 0 Å². The van der Waals surface area contributed by atoms with E-state index in [0.717, 1.165) is 21.2 Å². The number of hydrogen-bond donors (Lipinski definition) is 1. The lowest BCUT2D eigenvalue weighted by Gasteiger charge is -1.98.